The Labute approximate surface area is 113 Å². The average Bonchev–Trinajstić information content (AvgIpc) is 3.03. The van der Waals surface area contributed by atoms with Crippen LogP contribution in [0.1, 0.15) is 31.5 Å². The molecular weight excluding hydrogens is 262 g/mol. The lowest BCUT2D eigenvalue weighted by Gasteiger charge is -2.17. The zero-order valence-electron chi connectivity index (χ0n) is 11.0. The normalized spacial score (nSPS) is 17.5. The van der Waals surface area contributed by atoms with Gasteiger partial charge in [-0.05, 0) is 12.8 Å². The van der Waals surface area contributed by atoms with Crippen molar-refractivity contribution in [2.75, 3.05) is 0 Å². The number of aromatic nitrogens is 4. The van der Waals surface area contributed by atoms with Crippen LogP contribution in [0.3, 0.4) is 0 Å². The van der Waals surface area contributed by atoms with Gasteiger partial charge in [-0.2, -0.15) is 4.98 Å². The van der Waals surface area contributed by atoms with E-state index < -0.39 is 16.8 Å². The van der Waals surface area contributed by atoms with Crippen LogP contribution in [0.4, 0.5) is 0 Å². The number of nitrogens with two attached hydrogens (primary N) is 1. The summed E-state index contributed by atoms with van der Waals surface area (Å²) in [5.41, 5.74) is 4.77. The van der Waals surface area contributed by atoms with E-state index in [1.807, 2.05) is 0 Å². The molecule has 1 fully saturated rings. The quantitative estimate of drug-likeness (QED) is 0.787. The fourth-order valence-electron chi connectivity index (χ4n) is 2.48. The second-order valence-corrected chi connectivity index (χ2v) is 5.20. The fourth-order valence-corrected chi connectivity index (χ4v) is 2.48. The van der Waals surface area contributed by atoms with Crippen molar-refractivity contribution in [3.05, 3.63) is 32.9 Å². The molecule has 2 heterocycles. The number of hydrogen-bond acceptors (Lipinski definition) is 6. The molecule has 8 nitrogen and oxygen atoms in total. The van der Waals surface area contributed by atoms with Gasteiger partial charge in [0, 0.05) is 13.2 Å². The molecule has 0 atom stereocenters. The molecule has 0 bridgehead atoms. The summed E-state index contributed by atoms with van der Waals surface area (Å²) >= 11 is 0. The molecule has 0 amide bonds. The van der Waals surface area contributed by atoms with Crippen LogP contribution in [0, 0.1) is 0 Å². The van der Waals surface area contributed by atoms with E-state index in [1.165, 1.54) is 17.8 Å². The van der Waals surface area contributed by atoms with Crippen molar-refractivity contribution >= 4 is 0 Å². The van der Waals surface area contributed by atoms with E-state index in [2.05, 4.69) is 15.1 Å². The summed E-state index contributed by atoms with van der Waals surface area (Å²) in [6.45, 7) is 0. The zero-order chi connectivity index (χ0) is 14.3. The molecule has 20 heavy (non-hydrogen) atoms. The zero-order valence-corrected chi connectivity index (χ0v) is 11.0. The molecule has 106 valence electrons. The van der Waals surface area contributed by atoms with Crippen molar-refractivity contribution in [1.29, 1.82) is 0 Å². The maximum absolute atomic E-state index is 11.8. The van der Waals surface area contributed by atoms with E-state index in [4.69, 9.17) is 10.3 Å². The highest BCUT2D eigenvalue weighted by molar-refractivity contribution is 5.49. The van der Waals surface area contributed by atoms with Crippen LogP contribution in [0.5, 0.6) is 0 Å². The summed E-state index contributed by atoms with van der Waals surface area (Å²) in [6, 6.07) is 0. The lowest BCUT2D eigenvalue weighted by Crippen LogP contribution is -2.34. The van der Waals surface area contributed by atoms with Gasteiger partial charge in [-0.1, -0.05) is 18.0 Å². The van der Waals surface area contributed by atoms with Crippen molar-refractivity contribution in [3.8, 4) is 11.5 Å². The highest BCUT2D eigenvalue weighted by Crippen LogP contribution is 2.35. The second kappa shape index (κ2) is 4.41. The topological polar surface area (TPSA) is 120 Å². The molecule has 8 heteroatoms. The number of H-pyrrole nitrogens is 1. The largest absolute Gasteiger partial charge is 0.334 e. The maximum atomic E-state index is 11.8. The molecule has 0 spiro atoms. The summed E-state index contributed by atoms with van der Waals surface area (Å²) in [5.74, 6) is 0.492. The van der Waals surface area contributed by atoms with E-state index in [0.29, 0.717) is 5.82 Å². The molecule has 1 aliphatic rings. The Balaban J connectivity index is 2.05. The molecule has 1 aliphatic carbocycles. The SMILES string of the molecule is Cn1cc(-c2nc(C3(N)CCCC3)no2)c(=O)[nH]c1=O. The third-order valence-electron chi connectivity index (χ3n) is 3.71. The van der Waals surface area contributed by atoms with Crippen LogP contribution >= 0.6 is 0 Å². The van der Waals surface area contributed by atoms with Crippen LogP contribution < -0.4 is 17.0 Å². The number of aromatic amines is 1. The lowest BCUT2D eigenvalue weighted by molar-refractivity contribution is 0.372. The molecule has 0 saturated heterocycles. The Morgan fingerprint density at radius 1 is 1.40 bits per heavy atom. The Bertz CT molecular complexity index is 751. The number of nitrogens with one attached hydrogen (secondary N) is 1. The first-order valence-electron chi connectivity index (χ1n) is 6.43. The van der Waals surface area contributed by atoms with Gasteiger partial charge in [0.25, 0.3) is 11.4 Å². The molecule has 0 aromatic carbocycles. The number of rotatable bonds is 2. The van der Waals surface area contributed by atoms with Gasteiger partial charge in [0.05, 0.1) is 5.54 Å². The van der Waals surface area contributed by atoms with Gasteiger partial charge in [0.1, 0.15) is 5.56 Å². The minimum atomic E-state index is -0.574. The molecule has 0 unspecified atom stereocenters. The first-order chi connectivity index (χ1) is 9.49. The smallest absolute Gasteiger partial charge is 0.328 e. The van der Waals surface area contributed by atoms with Crippen molar-refractivity contribution in [2.45, 2.75) is 31.2 Å². The van der Waals surface area contributed by atoms with Crippen molar-refractivity contribution in [2.24, 2.45) is 12.8 Å². The standard InChI is InChI=1S/C12H15N5O3/c1-17-6-7(8(18)14-11(17)19)9-15-10(16-20-9)12(13)4-2-3-5-12/h6H,2-5,13H2,1H3,(H,14,18,19). The van der Waals surface area contributed by atoms with E-state index in [-0.39, 0.29) is 11.5 Å². The summed E-state index contributed by atoms with van der Waals surface area (Å²) < 4.78 is 6.37. The Hall–Kier alpha value is -2.22. The fraction of sp³-hybridized carbons (Fsp3) is 0.500. The minimum absolute atomic E-state index is 0.0774. The monoisotopic (exact) mass is 277 g/mol. The predicted octanol–water partition coefficient (Wildman–Crippen LogP) is -0.148. The summed E-state index contributed by atoms with van der Waals surface area (Å²) in [5, 5.41) is 3.89. The van der Waals surface area contributed by atoms with Gasteiger partial charge in [-0.3, -0.25) is 9.78 Å². The maximum Gasteiger partial charge on any atom is 0.328 e. The molecule has 1 saturated carbocycles. The van der Waals surface area contributed by atoms with E-state index in [1.54, 1.807) is 0 Å². The third kappa shape index (κ3) is 1.97. The first kappa shape index (κ1) is 12.8. The van der Waals surface area contributed by atoms with Crippen LogP contribution in [0.25, 0.3) is 11.5 Å². The molecular formula is C12H15N5O3. The highest BCUT2D eigenvalue weighted by Gasteiger charge is 2.36. The average molecular weight is 277 g/mol. The van der Waals surface area contributed by atoms with Gasteiger partial charge in [-0.15, -0.1) is 0 Å². The van der Waals surface area contributed by atoms with Crippen molar-refractivity contribution < 1.29 is 4.52 Å². The van der Waals surface area contributed by atoms with E-state index >= 15 is 0 Å². The van der Waals surface area contributed by atoms with Gasteiger partial charge >= 0.3 is 5.69 Å². The Morgan fingerprint density at radius 2 is 2.10 bits per heavy atom. The van der Waals surface area contributed by atoms with Crippen molar-refractivity contribution in [1.82, 2.24) is 19.7 Å². The van der Waals surface area contributed by atoms with Crippen LogP contribution in [0.2, 0.25) is 0 Å². The Morgan fingerprint density at radius 3 is 2.80 bits per heavy atom. The Kier molecular flexibility index (Phi) is 2.82. The molecule has 3 rings (SSSR count). The summed E-state index contributed by atoms with van der Waals surface area (Å²) in [4.78, 5) is 29.5. The molecule has 0 aliphatic heterocycles. The molecule has 0 radical (unpaired) electrons. The summed E-state index contributed by atoms with van der Waals surface area (Å²) in [7, 11) is 1.53. The highest BCUT2D eigenvalue weighted by atomic mass is 16.5. The summed E-state index contributed by atoms with van der Waals surface area (Å²) in [6.07, 6.45) is 5.03. The van der Waals surface area contributed by atoms with Gasteiger partial charge in [0.2, 0.25) is 0 Å². The van der Waals surface area contributed by atoms with E-state index in [9.17, 15) is 9.59 Å². The van der Waals surface area contributed by atoms with E-state index in [0.717, 1.165) is 25.7 Å². The molecule has 2 aromatic rings. The minimum Gasteiger partial charge on any atom is -0.334 e. The predicted molar refractivity (Wildman–Crippen MR) is 69.9 cm³/mol. The van der Waals surface area contributed by atoms with Crippen LogP contribution in [-0.4, -0.2) is 19.7 Å². The molecule has 3 N–H and O–H groups in total. The van der Waals surface area contributed by atoms with Crippen LogP contribution in [-0.2, 0) is 12.6 Å². The van der Waals surface area contributed by atoms with Gasteiger partial charge in [-0.25, -0.2) is 4.79 Å². The number of aryl methyl sites for hydroxylation is 1. The van der Waals surface area contributed by atoms with Crippen molar-refractivity contribution in [3.63, 3.8) is 0 Å². The van der Waals surface area contributed by atoms with Crippen LogP contribution in [0.15, 0.2) is 20.3 Å². The number of hydrogen-bond donors (Lipinski definition) is 2. The third-order valence-corrected chi connectivity index (χ3v) is 3.71. The van der Waals surface area contributed by atoms with Gasteiger partial charge < -0.3 is 14.8 Å². The second-order valence-electron chi connectivity index (χ2n) is 5.20. The molecule has 2 aromatic heterocycles. The first-order valence-corrected chi connectivity index (χ1v) is 6.43. The van der Waals surface area contributed by atoms with Gasteiger partial charge in [0.15, 0.2) is 5.82 Å². The lowest BCUT2D eigenvalue weighted by atomic mass is 9.99. The number of nitrogens with zero attached hydrogens (tertiary/aromatic N) is 3.